The van der Waals surface area contributed by atoms with E-state index < -0.39 is 0 Å². The van der Waals surface area contributed by atoms with Crippen molar-refractivity contribution >= 4 is 11.6 Å². The zero-order valence-corrected chi connectivity index (χ0v) is 10.9. The van der Waals surface area contributed by atoms with Gasteiger partial charge in [0.2, 0.25) is 0 Å². The minimum Gasteiger partial charge on any atom is -0.496 e. The molecule has 0 aliphatic heterocycles. The van der Waals surface area contributed by atoms with Gasteiger partial charge in [-0.3, -0.25) is 4.98 Å². The molecule has 1 aromatic carbocycles. The molecule has 0 spiro atoms. The van der Waals surface area contributed by atoms with Crippen LogP contribution in [0.25, 0.3) is 0 Å². The maximum absolute atomic E-state index is 5.67. The van der Waals surface area contributed by atoms with E-state index in [1.54, 1.807) is 13.3 Å². The van der Waals surface area contributed by atoms with E-state index in [1.807, 2.05) is 36.4 Å². The number of para-hydroxylation sites is 1. The van der Waals surface area contributed by atoms with Gasteiger partial charge in [0.15, 0.2) is 0 Å². The van der Waals surface area contributed by atoms with Crippen LogP contribution in [0.3, 0.4) is 0 Å². The highest BCUT2D eigenvalue weighted by Crippen LogP contribution is 2.20. The predicted molar refractivity (Wildman–Crippen MR) is 71.1 cm³/mol. The number of halogens is 1. The number of ether oxygens (including phenoxy) is 2. The van der Waals surface area contributed by atoms with Gasteiger partial charge in [-0.25, -0.2) is 0 Å². The van der Waals surface area contributed by atoms with Gasteiger partial charge in [-0.05, 0) is 18.2 Å². The van der Waals surface area contributed by atoms with E-state index in [1.165, 1.54) is 0 Å². The summed E-state index contributed by atoms with van der Waals surface area (Å²) in [5.74, 6) is 1.95. The Morgan fingerprint density at radius 3 is 2.67 bits per heavy atom. The highest BCUT2D eigenvalue weighted by molar-refractivity contribution is 6.16. The van der Waals surface area contributed by atoms with Crippen molar-refractivity contribution in [3.8, 4) is 11.5 Å². The minimum absolute atomic E-state index is 0.410. The molecule has 0 fully saturated rings. The maximum Gasteiger partial charge on any atom is 0.138 e. The lowest BCUT2D eigenvalue weighted by Gasteiger charge is -2.09. The molecule has 0 aliphatic carbocycles. The summed E-state index contributed by atoms with van der Waals surface area (Å²) in [7, 11) is 1.65. The molecule has 0 amide bonds. The quantitative estimate of drug-likeness (QED) is 0.775. The number of hydrogen-bond donors (Lipinski definition) is 0. The molecule has 0 radical (unpaired) electrons. The third-order valence-electron chi connectivity index (χ3n) is 2.52. The van der Waals surface area contributed by atoms with Crippen LogP contribution in [-0.2, 0) is 12.5 Å². The molecule has 18 heavy (non-hydrogen) atoms. The van der Waals surface area contributed by atoms with Crippen molar-refractivity contribution in [1.29, 1.82) is 0 Å². The Hall–Kier alpha value is -1.74. The van der Waals surface area contributed by atoms with Crippen molar-refractivity contribution in [3.05, 3.63) is 53.9 Å². The summed E-state index contributed by atoms with van der Waals surface area (Å²) in [6.07, 6.45) is 1.67. The van der Waals surface area contributed by atoms with Gasteiger partial charge < -0.3 is 9.47 Å². The molecule has 0 N–H and O–H groups in total. The summed E-state index contributed by atoms with van der Waals surface area (Å²) in [6.45, 7) is 0.450. The first-order chi connectivity index (χ1) is 8.83. The third kappa shape index (κ3) is 3.14. The molecule has 94 valence electrons. The van der Waals surface area contributed by atoms with Gasteiger partial charge in [0.1, 0.15) is 18.1 Å². The van der Waals surface area contributed by atoms with E-state index in [-0.39, 0.29) is 0 Å². The number of alkyl halides is 1. The van der Waals surface area contributed by atoms with Crippen LogP contribution in [0.4, 0.5) is 0 Å². The zero-order valence-electron chi connectivity index (χ0n) is 10.1. The SMILES string of the molecule is COc1ccccc1COc1ccc(CCl)nc1. The largest absolute Gasteiger partial charge is 0.496 e. The van der Waals surface area contributed by atoms with Gasteiger partial charge in [0, 0.05) is 5.56 Å². The van der Waals surface area contributed by atoms with Crippen molar-refractivity contribution in [1.82, 2.24) is 4.98 Å². The molecule has 0 saturated heterocycles. The Labute approximate surface area is 111 Å². The molecule has 0 unspecified atom stereocenters. The topological polar surface area (TPSA) is 31.4 Å². The molecule has 4 heteroatoms. The van der Waals surface area contributed by atoms with Gasteiger partial charge in [-0.15, -0.1) is 11.6 Å². The Balaban J connectivity index is 2.02. The first kappa shape index (κ1) is 12.7. The average Bonchev–Trinajstić information content (AvgIpc) is 2.46. The normalized spacial score (nSPS) is 10.1. The first-order valence-corrected chi connectivity index (χ1v) is 6.12. The number of hydrogen-bond acceptors (Lipinski definition) is 3. The fraction of sp³-hybridized carbons (Fsp3) is 0.214. The van der Waals surface area contributed by atoms with Crippen LogP contribution in [0.5, 0.6) is 11.5 Å². The number of rotatable bonds is 5. The highest BCUT2D eigenvalue weighted by Gasteiger charge is 2.02. The Kier molecular flexibility index (Phi) is 4.42. The van der Waals surface area contributed by atoms with Crippen LogP contribution in [-0.4, -0.2) is 12.1 Å². The summed E-state index contributed by atoms with van der Waals surface area (Å²) in [5, 5.41) is 0. The van der Waals surface area contributed by atoms with Crippen LogP contribution < -0.4 is 9.47 Å². The maximum atomic E-state index is 5.67. The van der Waals surface area contributed by atoms with E-state index in [0.29, 0.717) is 12.5 Å². The summed E-state index contributed by atoms with van der Waals surface area (Å²) >= 11 is 5.67. The molecule has 1 heterocycles. The molecule has 3 nitrogen and oxygen atoms in total. The standard InChI is InChI=1S/C14H14ClNO2/c1-17-14-5-3-2-4-11(14)10-18-13-7-6-12(8-15)16-9-13/h2-7,9H,8,10H2,1H3. The van der Waals surface area contributed by atoms with E-state index in [0.717, 1.165) is 22.8 Å². The van der Waals surface area contributed by atoms with Crippen molar-refractivity contribution in [2.45, 2.75) is 12.5 Å². The van der Waals surface area contributed by atoms with Gasteiger partial charge >= 0.3 is 0 Å². The van der Waals surface area contributed by atoms with Crippen LogP contribution in [0.1, 0.15) is 11.3 Å². The number of benzene rings is 1. The minimum atomic E-state index is 0.410. The van der Waals surface area contributed by atoms with E-state index in [9.17, 15) is 0 Å². The lowest BCUT2D eigenvalue weighted by atomic mass is 10.2. The molecule has 0 atom stereocenters. The number of nitrogens with zero attached hydrogens (tertiary/aromatic N) is 1. The third-order valence-corrected chi connectivity index (χ3v) is 2.80. The molecule has 2 rings (SSSR count). The van der Waals surface area contributed by atoms with Crippen molar-refractivity contribution in [3.63, 3.8) is 0 Å². The molecular formula is C14H14ClNO2. The molecule has 2 aromatic rings. The molecule has 1 aromatic heterocycles. The lowest BCUT2D eigenvalue weighted by Crippen LogP contribution is -1.99. The van der Waals surface area contributed by atoms with E-state index in [2.05, 4.69) is 4.98 Å². The molecular weight excluding hydrogens is 250 g/mol. The van der Waals surface area contributed by atoms with E-state index >= 15 is 0 Å². The van der Waals surface area contributed by atoms with Gasteiger partial charge in [0.25, 0.3) is 0 Å². The second-order valence-electron chi connectivity index (χ2n) is 3.72. The average molecular weight is 264 g/mol. The van der Waals surface area contributed by atoms with Crippen LogP contribution in [0.2, 0.25) is 0 Å². The number of aromatic nitrogens is 1. The van der Waals surface area contributed by atoms with Crippen molar-refractivity contribution in [2.24, 2.45) is 0 Å². The lowest BCUT2D eigenvalue weighted by molar-refractivity contribution is 0.295. The fourth-order valence-corrected chi connectivity index (χ4v) is 1.72. The van der Waals surface area contributed by atoms with Gasteiger partial charge in [-0.1, -0.05) is 18.2 Å². The molecule has 0 saturated carbocycles. The van der Waals surface area contributed by atoms with Crippen LogP contribution >= 0.6 is 11.6 Å². The Bertz CT molecular complexity index is 499. The smallest absolute Gasteiger partial charge is 0.138 e. The number of methoxy groups -OCH3 is 1. The monoisotopic (exact) mass is 263 g/mol. The summed E-state index contributed by atoms with van der Waals surface area (Å²) in [5.41, 5.74) is 1.84. The summed E-state index contributed by atoms with van der Waals surface area (Å²) in [6, 6.07) is 11.5. The fourth-order valence-electron chi connectivity index (χ4n) is 1.56. The van der Waals surface area contributed by atoms with Crippen molar-refractivity contribution in [2.75, 3.05) is 7.11 Å². The number of pyridine rings is 1. The summed E-state index contributed by atoms with van der Waals surface area (Å²) in [4.78, 5) is 4.16. The van der Waals surface area contributed by atoms with E-state index in [4.69, 9.17) is 21.1 Å². The second-order valence-corrected chi connectivity index (χ2v) is 3.99. The summed E-state index contributed by atoms with van der Waals surface area (Å²) < 4.78 is 10.9. The Morgan fingerprint density at radius 1 is 1.17 bits per heavy atom. The van der Waals surface area contributed by atoms with Gasteiger partial charge in [-0.2, -0.15) is 0 Å². The predicted octanol–water partition coefficient (Wildman–Crippen LogP) is 3.41. The van der Waals surface area contributed by atoms with Crippen LogP contribution in [0.15, 0.2) is 42.6 Å². The van der Waals surface area contributed by atoms with Crippen LogP contribution in [0, 0.1) is 0 Å². The first-order valence-electron chi connectivity index (χ1n) is 5.59. The molecule has 0 bridgehead atoms. The zero-order chi connectivity index (χ0) is 12.8. The Morgan fingerprint density at radius 2 is 2.00 bits per heavy atom. The second kappa shape index (κ2) is 6.26. The molecule has 0 aliphatic rings. The van der Waals surface area contributed by atoms with Gasteiger partial charge in [0.05, 0.1) is 24.9 Å². The highest BCUT2D eigenvalue weighted by atomic mass is 35.5. The van der Waals surface area contributed by atoms with Crippen molar-refractivity contribution < 1.29 is 9.47 Å².